The van der Waals surface area contributed by atoms with E-state index in [-0.39, 0.29) is 17.1 Å². The number of hydrogen-bond acceptors (Lipinski definition) is 7. The first-order chi connectivity index (χ1) is 17.7. The Morgan fingerprint density at radius 1 is 0.784 bits per heavy atom. The fraction of sp³-hybridized carbons (Fsp3) is 0.296. The molecule has 0 fully saturated rings. The van der Waals surface area contributed by atoms with Crippen LogP contribution in [0.4, 0.5) is 0 Å². The molecular weight excluding hydrogens is 496 g/mol. The van der Waals surface area contributed by atoms with Crippen LogP contribution in [0.25, 0.3) is 0 Å². The first-order valence-electron chi connectivity index (χ1n) is 11.5. The lowest BCUT2D eigenvalue weighted by Gasteiger charge is -2.22. The fourth-order valence-electron chi connectivity index (χ4n) is 3.80. The van der Waals surface area contributed by atoms with Gasteiger partial charge in [-0.05, 0) is 48.7 Å². The highest BCUT2D eigenvalue weighted by Gasteiger charge is 2.28. The number of nitrogens with one attached hydrogen (secondary N) is 2. The molecule has 0 heterocycles. The molecule has 2 atom stereocenters. The zero-order valence-electron chi connectivity index (χ0n) is 21.5. The molecule has 0 bridgehead atoms. The summed E-state index contributed by atoms with van der Waals surface area (Å²) in [6, 6.07) is 17.3. The Bertz CT molecular complexity index is 1310. The van der Waals surface area contributed by atoms with Crippen molar-refractivity contribution in [1.29, 1.82) is 0 Å². The Kier molecular flexibility index (Phi) is 9.37. The molecule has 2 N–H and O–H groups in total. The van der Waals surface area contributed by atoms with Crippen molar-refractivity contribution in [3.63, 3.8) is 0 Å². The lowest BCUT2D eigenvalue weighted by Crippen LogP contribution is -2.48. The van der Waals surface area contributed by atoms with Crippen LogP contribution in [0.1, 0.15) is 24.1 Å². The normalized spacial score (nSPS) is 12.8. The second-order valence-electron chi connectivity index (χ2n) is 8.23. The van der Waals surface area contributed by atoms with E-state index in [4.69, 9.17) is 18.9 Å². The molecule has 0 aliphatic carbocycles. The molecule has 10 heteroatoms. The van der Waals surface area contributed by atoms with Gasteiger partial charge in [0.2, 0.25) is 15.9 Å². The van der Waals surface area contributed by atoms with Gasteiger partial charge in [-0.2, -0.15) is 4.72 Å². The average molecular weight is 529 g/mol. The topological polar surface area (TPSA) is 112 Å². The van der Waals surface area contributed by atoms with Crippen LogP contribution in [-0.2, 0) is 21.2 Å². The first kappa shape index (κ1) is 27.8. The maximum Gasteiger partial charge on any atom is 0.241 e. The summed E-state index contributed by atoms with van der Waals surface area (Å²) in [5, 5.41) is 2.91. The molecule has 0 radical (unpaired) electrons. The molecule has 0 aliphatic rings. The Balaban J connectivity index is 1.87. The Morgan fingerprint density at radius 2 is 1.35 bits per heavy atom. The standard InChI is InChI=1S/C27H32N2O7S/c1-18(20-11-13-23(33-2)25(16-20)35-4)28-27(30)22(15-19-9-7-6-8-10-19)29-37(31,32)21-12-14-24(34-3)26(17-21)36-5/h6-14,16-18,22,29H,15H2,1-5H3,(H,28,30)/t18-,22-/m1/s1. The molecular formula is C27H32N2O7S. The Labute approximate surface area is 217 Å². The van der Waals surface area contributed by atoms with Gasteiger partial charge in [0.1, 0.15) is 6.04 Å². The van der Waals surface area contributed by atoms with Gasteiger partial charge in [0.25, 0.3) is 0 Å². The molecule has 0 unspecified atom stereocenters. The molecule has 0 saturated carbocycles. The van der Waals surface area contributed by atoms with E-state index in [1.165, 1.54) is 39.5 Å². The van der Waals surface area contributed by atoms with Crippen LogP contribution >= 0.6 is 0 Å². The minimum atomic E-state index is -4.09. The quantitative estimate of drug-likeness (QED) is 0.370. The lowest BCUT2D eigenvalue weighted by atomic mass is 10.0. The molecule has 198 valence electrons. The third-order valence-electron chi connectivity index (χ3n) is 5.83. The lowest BCUT2D eigenvalue weighted by molar-refractivity contribution is -0.123. The molecule has 3 rings (SSSR count). The Morgan fingerprint density at radius 3 is 1.95 bits per heavy atom. The van der Waals surface area contributed by atoms with Crippen LogP contribution in [0.2, 0.25) is 0 Å². The number of amides is 1. The summed E-state index contributed by atoms with van der Waals surface area (Å²) in [6.07, 6.45) is 0.151. The number of carbonyl (C=O) groups excluding carboxylic acids is 1. The van der Waals surface area contributed by atoms with Crippen molar-refractivity contribution >= 4 is 15.9 Å². The van der Waals surface area contributed by atoms with Crippen molar-refractivity contribution in [2.24, 2.45) is 0 Å². The van der Waals surface area contributed by atoms with E-state index in [1.54, 1.807) is 19.2 Å². The van der Waals surface area contributed by atoms with Gasteiger partial charge in [0.15, 0.2) is 23.0 Å². The van der Waals surface area contributed by atoms with Gasteiger partial charge < -0.3 is 24.3 Å². The summed E-state index contributed by atoms with van der Waals surface area (Å²) in [4.78, 5) is 13.4. The number of benzene rings is 3. The van der Waals surface area contributed by atoms with Gasteiger partial charge in [-0.3, -0.25) is 4.79 Å². The molecule has 0 saturated heterocycles. The molecule has 0 aromatic heterocycles. The van der Waals surface area contributed by atoms with Crippen molar-refractivity contribution < 1.29 is 32.2 Å². The number of carbonyl (C=O) groups is 1. The van der Waals surface area contributed by atoms with Gasteiger partial charge in [0.05, 0.1) is 39.4 Å². The van der Waals surface area contributed by atoms with Crippen molar-refractivity contribution in [2.45, 2.75) is 30.3 Å². The summed E-state index contributed by atoms with van der Waals surface area (Å²) < 4.78 is 50.2. The maximum atomic E-state index is 13.4. The van der Waals surface area contributed by atoms with Crippen LogP contribution in [-0.4, -0.2) is 48.8 Å². The number of ether oxygens (including phenoxy) is 4. The third kappa shape index (κ3) is 6.93. The van der Waals surface area contributed by atoms with Crippen molar-refractivity contribution in [3.8, 4) is 23.0 Å². The third-order valence-corrected chi connectivity index (χ3v) is 7.30. The fourth-order valence-corrected chi connectivity index (χ4v) is 5.01. The largest absolute Gasteiger partial charge is 0.493 e. The van der Waals surface area contributed by atoms with Gasteiger partial charge in [0, 0.05) is 6.07 Å². The van der Waals surface area contributed by atoms with E-state index in [0.29, 0.717) is 17.2 Å². The highest BCUT2D eigenvalue weighted by Crippen LogP contribution is 2.31. The monoisotopic (exact) mass is 528 g/mol. The predicted molar refractivity (Wildman–Crippen MR) is 140 cm³/mol. The van der Waals surface area contributed by atoms with Gasteiger partial charge in [-0.15, -0.1) is 0 Å². The number of hydrogen-bond donors (Lipinski definition) is 2. The minimum Gasteiger partial charge on any atom is -0.493 e. The molecule has 9 nitrogen and oxygen atoms in total. The predicted octanol–water partition coefficient (Wildman–Crippen LogP) is 3.49. The van der Waals surface area contributed by atoms with Crippen LogP contribution in [0.3, 0.4) is 0 Å². The molecule has 0 spiro atoms. The van der Waals surface area contributed by atoms with Crippen molar-refractivity contribution in [2.75, 3.05) is 28.4 Å². The minimum absolute atomic E-state index is 0.0519. The molecule has 3 aromatic rings. The van der Waals surface area contributed by atoms with Crippen LogP contribution in [0, 0.1) is 0 Å². The number of rotatable bonds is 12. The Hall–Kier alpha value is -3.76. The smallest absolute Gasteiger partial charge is 0.241 e. The summed E-state index contributed by atoms with van der Waals surface area (Å²) in [7, 11) is 1.87. The van der Waals surface area contributed by atoms with Gasteiger partial charge >= 0.3 is 0 Å². The summed E-state index contributed by atoms with van der Waals surface area (Å²) in [5.74, 6) is 1.26. The molecule has 3 aromatic carbocycles. The highest BCUT2D eigenvalue weighted by atomic mass is 32.2. The molecule has 37 heavy (non-hydrogen) atoms. The van der Waals surface area contributed by atoms with E-state index < -0.39 is 28.0 Å². The van der Waals surface area contributed by atoms with E-state index in [2.05, 4.69) is 10.0 Å². The van der Waals surface area contributed by atoms with Crippen LogP contribution in [0.5, 0.6) is 23.0 Å². The average Bonchev–Trinajstić information content (AvgIpc) is 2.92. The number of methoxy groups -OCH3 is 4. The zero-order chi connectivity index (χ0) is 27.0. The SMILES string of the molecule is COc1ccc([C@@H](C)NC(=O)[C@@H](Cc2ccccc2)NS(=O)(=O)c2ccc(OC)c(OC)c2)cc1OC. The van der Waals surface area contributed by atoms with Crippen LogP contribution in [0.15, 0.2) is 71.6 Å². The second-order valence-corrected chi connectivity index (χ2v) is 9.94. The van der Waals surface area contributed by atoms with Crippen LogP contribution < -0.4 is 29.0 Å². The zero-order valence-corrected chi connectivity index (χ0v) is 22.3. The van der Waals surface area contributed by atoms with E-state index in [0.717, 1.165) is 11.1 Å². The van der Waals surface area contributed by atoms with Crippen molar-refractivity contribution in [3.05, 3.63) is 77.9 Å². The highest BCUT2D eigenvalue weighted by molar-refractivity contribution is 7.89. The van der Waals surface area contributed by atoms with Gasteiger partial charge in [-0.1, -0.05) is 36.4 Å². The molecule has 0 aliphatic heterocycles. The summed E-state index contributed by atoms with van der Waals surface area (Å²) in [6.45, 7) is 1.81. The van der Waals surface area contributed by atoms with E-state index in [9.17, 15) is 13.2 Å². The van der Waals surface area contributed by atoms with Crippen molar-refractivity contribution in [1.82, 2.24) is 10.0 Å². The molecule has 1 amide bonds. The summed E-state index contributed by atoms with van der Waals surface area (Å²) in [5.41, 5.74) is 1.57. The van der Waals surface area contributed by atoms with E-state index in [1.807, 2.05) is 43.3 Å². The van der Waals surface area contributed by atoms with E-state index >= 15 is 0 Å². The second kappa shape index (κ2) is 12.5. The first-order valence-corrected chi connectivity index (χ1v) is 13.0. The van der Waals surface area contributed by atoms with Gasteiger partial charge in [-0.25, -0.2) is 8.42 Å². The summed E-state index contributed by atoms with van der Waals surface area (Å²) >= 11 is 0. The number of sulfonamides is 1. The maximum absolute atomic E-state index is 13.4.